The van der Waals surface area contributed by atoms with Gasteiger partial charge in [-0.2, -0.15) is 0 Å². The highest BCUT2D eigenvalue weighted by atomic mass is 16.2. The average molecular weight is 399 g/mol. The third-order valence-corrected chi connectivity index (χ3v) is 6.63. The van der Waals surface area contributed by atoms with E-state index in [0.717, 1.165) is 36.4 Å². The molecule has 3 fully saturated rings. The van der Waals surface area contributed by atoms with E-state index in [1.165, 1.54) is 18.5 Å². The number of rotatable bonds is 4. The largest absolute Gasteiger partial charge is 0.372 e. The minimum Gasteiger partial charge on any atom is -0.372 e. The molecule has 2 aliphatic heterocycles. The Hall–Kier alpha value is -2.57. The molecule has 4 rings (SSSR count). The first-order valence-corrected chi connectivity index (χ1v) is 10.7. The van der Waals surface area contributed by atoms with Crippen LogP contribution in [-0.4, -0.2) is 47.9 Å². The molecule has 7 heteroatoms. The summed E-state index contributed by atoms with van der Waals surface area (Å²) in [7, 11) is 0. The highest BCUT2D eigenvalue weighted by molar-refractivity contribution is 6.10. The topological polar surface area (TPSA) is 81.8 Å². The molecule has 29 heavy (non-hydrogen) atoms. The Bertz CT molecular complexity index is 823. The van der Waals surface area contributed by atoms with Crippen LogP contribution < -0.4 is 15.5 Å². The van der Waals surface area contributed by atoms with E-state index >= 15 is 0 Å². The van der Waals surface area contributed by atoms with Gasteiger partial charge in [-0.15, -0.1) is 0 Å². The van der Waals surface area contributed by atoms with E-state index in [9.17, 15) is 14.4 Å². The maximum absolute atomic E-state index is 12.9. The summed E-state index contributed by atoms with van der Waals surface area (Å²) in [6, 6.07) is 5.53. The Balaban J connectivity index is 1.39. The molecule has 2 heterocycles. The van der Waals surface area contributed by atoms with E-state index in [0.29, 0.717) is 24.4 Å². The molecular weight excluding hydrogens is 368 g/mol. The fourth-order valence-corrected chi connectivity index (χ4v) is 4.71. The minimum atomic E-state index is -0.808. The lowest BCUT2D eigenvalue weighted by Gasteiger charge is -2.33. The van der Waals surface area contributed by atoms with Gasteiger partial charge in [0.25, 0.3) is 5.91 Å². The molecule has 1 spiro atoms. The van der Waals surface area contributed by atoms with Crippen LogP contribution in [0.1, 0.15) is 51.0 Å². The van der Waals surface area contributed by atoms with Crippen LogP contribution in [0, 0.1) is 12.8 Å². The first-order valence-electron chi connectivity index (χ1n) is 10.7. The van der Waals surface area contributed by atoms with E-state index < -0.39 is 11.6 Å². The van der Waals surface area contributed by atoms with Crippen molar-refractivity contribution >= 4 is 29.2 Å². The van der Waals surface area contributed by atoms with Crippen LogP contribution in [0.15, 0.2) is 18.2 Å². The van der Waals surface area contributed by atoms with Gasteiger partial charge in [0, 0.05) is 24.5 Å². The van der Waals surface area contributed by atoms with Gasteiger partial charge in [0.2, 0.25) is 5.91 Å². The quantitative estimate of drug-likeness (QED) is 0.764. The van der Waals surface area contributed by atoms with Gasteiger partial charge in [0.05, 0.1) is 0 Å². The zero-order valence-electron chi connectivity index (χ0n) is 17.3. The molecule has 4 amide bonds. The second-order valence-electron chi connectivity index (χ2n) is 8.83. The summed E-state index contributed by atoms with van der Waals surface area (Å²) in [5, 5.41) is 5.72. The Labute approximate surface area is 171 Å². The van der Waals surface area contributed by atoms with Crippen molar-refractivity contribution in [1.29, 1.82) is 0 Å². The molecule has 0 bridgehead atoms. The van der Waals surface area contributed by atoms with Crippen molar-refractivity contribution in [1.82, 2.24) is 10.2 Å². The lowest BCUT2D eigenvalue weighted by atomic mass is 9.77. The number of hydrogen-bond acceptors (Lipinski definition) is 4. The molecule has 0 atom stereocenters. The fourth-order valence-electron chi connectivity index (χ4n) is 4.71. The third kappa shape index (κ3) is 3.82. The summed E-state index contributed by atoms with van der Waals surface area (Å²) < 4.78 is 0. The second kappa shape index (κ2) is 7.69. The summed E-state index contributed by atoms with van der Waals surface area (Å²) in [4.78, 5) is 41.3. The fraction of sp³-hybridized carbons (Fsp3) is 0.591. The smallest absolute Gasteiger partial charge is 0.325 e. The van der Waals surface area contributed by atoms with Crippen LogP contribution in [-0.2, 0) is 9.59 Å². The molecular formula is C22H30N4O3. The average Bonchev–Trinajstić information content (AvgIpc) is 3.30. The second-order valence-corrected chi connectivity index (χ2v) is 8.83. The molecule has 1 aromatic carbocycles. The van der Waals surface area contributed by atoms with E-state index in [2.05, 4.69) is 28.5 Å². The Kier molecular flexibility index (Phi) is 5.23. The Morgan fingerprint density at radius 2 is 1.90 bits per heavy atom. The van der Waals surface area contributed by atoms with Crippen molar-refractivity contribution in [3.05, 3.63) is 23.8 Å². The number of carbonyl (C=O) groups is 3. The summed E-state index contributed by atoms with van der Waals surface area (Å²) in [6.07, 6.45) is 5.54. The number of amides is 4. The van der Waals surface area contributed by atoms with E-state index in [1.807, 2.05) is 19.1 Å². The molecule has 1 aromatic rings. The van der Waals surface area contributed by atoms with Crippen molar-refractivity contribution < 1.29 is 14.4 Å². The standard InChI is InChI=1S/C22H30N4O3/c1-15-7-9-22(10-8-15)20(28)26(21(29)24-22)14-19(27)23-18-6-5-17(13-16(18)2)25-11-3-4-12-25/h5-6,13,15H,3-4,7-12,14H2,1-2H3,(H,23,27)(H,24,29). The van der Waals surface area contributed by atoms with E-state index in [1.54, 1.807) is 0 Å². The van der Waals surface area contributed by atoms with Crippen LogP contribution >= 0.6 is 0 Å². The van der Waals surface area contributed by atoms with Gasteiger partial charge in [-0.05, 0) is 75.1 Å². The zero-order valence-corrected chi connectivity index (χ0v) is 17.3. The van der Waals surface area contributed by atoms with Crippen LogP contribution in [0.5, 0.6) is 0 Å². The molecule has 0 radical (unpaired) electrons. The minimum absolute atomic E-state index is 0.255. The van der Waals surface area contributed by atoms with Gasteiger partial charge in [-0.1, -0.05) is 6.92 Å². The Morgan fingerprint density at radius 1 is 1.21 bits per heavy atom. The molecule has 1 saturated carbocycles. The highest BCUT2D eigenvalue weighted by Crippen LogP contribution is 2.36. The summed E-state index contributed by atoms with van der Waals surface area (Å²) >= 11 is 0. The molecule has 0 unspecified atom stereocenters. The Morgan fingerprint density at radius 3 is 2.55 bits per heavy atom. The molecule has 156 valence electrons. The molecule has 2 N–H and O–H groups in total. The number of nitrogens with zero attached hydrogens (tertiary/aromatic N) is 2. The van der Waals surface area contributed by atoms with Gasteiger partial charge >= 0.3 is 6.03 Å². The van der Waals surface area contributed by atoms with Gasteiger partial charge in [-0.25, -0.2) is 4.79 Å². The van der Waals surface area contributed by atoms with Crippen molar-refractivity contribution in [2.24, 2.45) is 5.92 Å². The summed E-state index contributed by atoms with van der Waals surface area (Å²) in [5.74, 6) is -0.0495. The number of anilines is 2. The maximum Gasteiger partial charge on any atom is 0.325 e. The molecule has 0 aromatic heterocycles. The van der Waals surface area contributed by atoms with Crippen molar-refractivity contribution in [3.8, 4) is 0 Å². The summed E-state index contributed by atoms with van der Waals surface area (Å²) in [5.41, 5.74) is 2.04. The number of benzene rings is 1. The van der Waals surface area contributed by atoms with Crippen molar-refractivity contribution in [3.63, 3.8) is 0 Å². The van der Waals surface area contributed by atoms with Gasteiger partial charge < -0.3 is 15.5 Å². The maximum atomic E-state index is 12.9. The van der Waals surface area contributed by atoms with Crippen molar-refractivity contribution in [2.45, 2.75) is 57.9 Å². The van der Waals surface area contributed by atoms with E-state index in [-0.39, 0.29) is 18.4 Å². The van der Waals surface area contributed by atoms with Crippen molar-refractivity contribution in [2.75, 3.05) is 29.9 Å². The molecule has 1 aliphatic carbocycles. The van der Waals surface area contributed by atoms with Crippen LogP contribution in [0.3, 0.4) is 0 Å². The normalized spacial score (nSPS) is 26.9. The monoisotopic (exact) mass is 398 g/mol. The lowest BCUT2D eigenvalue weighted by Crippen LogP contribution is -2.49. The SMILES string of the molecule is Cc1cc(N2CCCC2)ccc1NC(=O)CN1C(=O)NC2(CCC(C)CC2)C1=O. The van der Waals surface area contributed by atoms with Crippen LogP contribution in [0.25, 0.3) is 0 Å². The number of carbonyl (C=O) groups excluding carboxylic acids is 3. The van der Waals surface area contributed by atoms with Crippen LogP contribution in [0.2, 0.25) is 0 Å². The first kappa shape index (κ1) is 19.7. The molecule has 3 aliphatic rings. The van der Waals surface area contributed by atoms with E-state index in [4.69, 9.17) is 0 Å². The van der Waals surface area contributed by atoms with Crippen LogP contribution in [0.4, 0.5) is 16.2 Å². The number of nitrogens with one attached hydrogen (secondary N) is 2. The van der Waals surface area contributed by atoms with Gasteiger partial charge in [0.15, 0.2) is 0 Å². The number of imide groups is 1. The third-order valence-electron chi connectivity index (χ3n) is 6.63. The molecule has 7 nitrogen and oxygen atoms in total. The number of aryl methyl sites for hydroxylation is 1. The number of hydrogen-bond donors (Lipinski definition) is 2. The highest BCUT2D eigenvalue weighted by Gasteiger charge is 2.52. The molecule has 2 saturated heterocycles. The first-order chi connectivity index (χ1) is 13.9. The zero-order chi connectivity index (χ0) is 20.6. The predicted octanol–water partition coefficient (Wildman–Crippen LogP) is 3.03. The van der Waals surface area contributed by atoms with Gasteiger partial charge in [-0.3, -0.25) is 14.5 Å². The van der Waals surface area contributed by atoms with Gasteiger partial charge in [0.1, 0.15) is 12.1 Å². The number of urea groups is 1. The lowest BCUT2D eigenvalue weighted by molar-refractivity contribution is -0.135. The predicted molar refractivity (Wildman–Crippen MR) is 112 cm³/mol. The summed E-state index contributed by atoms with van der Waals surface area (Å²) in [6.45, 7) is 6.00.